The van der Waals surface area contributed by atoms with E-state index in [1.54, 1.807) is 4.90 Å². The summed E-state index contributed by atoms with van der Waals surface area (Å²) >= 11 is 0. The first-order chi connectivity index (χ1) is 8.11. The van der Waals surface area contributed by atoms with Gasteiger partial charge in [0, 0.05) is 19.3 Å². The van der Waals surface area contributed by atoms with Crippen molar-refractivity contribution in [2.24, 2.45) is 5.92 Å². The number of nitrogens with zero attached hydrogens (tertiary/aromatic N) is 1. The van der Waals surface area contributed by atoms with Gasteiger partial charge in [-0.15, -0.1) is 0 Å². The van der Waals surface area contributed by atoms with Crippen LogP contribution in [0.4, 0.5) is 0 Å². The number of carbonyl (C=O) groups excluding carboxylic acids is 2. The van der Waals surface area contributed by atoms with E-state index in [0.29, 0.717) is 13.2 Å². The van der Waals surface area contributed by atoms with Crippen molar-refractivity contribution in [2.75, 3.05) is 19.8 Å². The Balaban J connectivity index is 2.18. The molecule has 1 unspecified atom stereocenters. The van der Waals surface area contributed by atoms with Crippen LogP contribution in [0, 0.1) is 5.92 Å². The predicted octanol–water partition coefficient (Wildman–Crippen LogP) is 0.148. The highest BCUT2D eigenvalue weighted by Crippen LogP contribution is 2.23. The summed E-state index contributed by atoms with van der Waals surface area (Å²) in [7, 11) is 0. The minimum Gasteiger partial charge on any atom is -0.381 e. The molecule has 2 saturated heterocycles. The molecule has 0 aromatic heterocycles. The van der Waals surface area contributed by atoms with Gasteiger partial charge in [0.25, 0.3) is 0 Å². The first kappa shape index (κ1) is 12.4. The van der Waals surface area contributed by atoms with Crippen LogP contribution in [0.2, 0.25) is 0 Å². The molecule has 0 saturated carbocycles. The van der Waals surface area contributed by atoms with Crippen molar-refractivity contribution in [3.63, 3.8) is 0 Å². The average Bonchev–Trinajstić information content (AvgIpc) is 2.32. The summed E-state index contributed by atoms with van der Waals surface area (Å²) in [6.07, 6.45) is 1.67. The molecule has 17 heavy (non-hydrogen) atoms. The van der Waals surface area contributed by atoms with E-state index in [1.807, 2.05) is 13.8 Å². The SMILES string of the molecule is CC(C)C1C(=O)NCC(=O)N1C1CCOCC1. The Morgan fingerprint density at radius 3 is 2.53 bits per heavy atom. The maximum Gasteiger partial charge on any atom is 0.243 e. The van der Waals surface area contributed by atoms with Crippen molar-refractivity contribution < 1.29 is 14.3 Å². The normalized spacial score (nSPS) is 27.5. The molecule has 1 atom stereocenters. The smallest absolute Gasteiger partial charge is 0.243 e. The number of amides is 2. The van der Waals surface area contributed by atoms with E-state index < -0.39 is 0 Å². The maximum atomic E-state index is 12.0. The molecular formula is C12H20N2O3. The monoisotopic (exact) mass is 240 g/mol. The van der Waals surface area contributed by atoms with E-state index in [9.17, 15) is 9.59 Å². The number of rotatable bonds is 2. The van der Waals surface area contributed by atoms with Crippen LogP contribution in [-0.4, -0.2) is 48.6 Å². The van der Waals surface area contributed by atoms with Gasteiger partial charge in [0.05, 0.1) is 6.54 Å². The van der Waals surface area contributed by atoms with Gasteiger partial charge in [-0.2, -0.15) is 0 Å². The third-order valence-electron chi connectivity index (χ3n) is 3.49. The number of hydrogen-bond acceptors (Lipinski definition) is 3. The van der Waals surface area contributed by atoms with Gasteiger partial charge in [-0.1, -0.05) is 13.8 Å². The molecule has 1 N–H and O–H groups in total. The summed E-state index contributed by atoms with van der Waals surface area (Å²) in [5.74, 6) is 0.156. The van der Waals surface area contributed by atoms with Crippen molar-refractivity contribution in [3.8, 4) is 0 Å². The molecule has 2 aliphatic rings. The fourth-order valence-electron chi connectivity index (χ4n) is 2.66. The summed E-state index contributed by atoms with van der Waals surface area (Å²) in [5, 5.41) is 2.67. The fourth-order valence-corrected chi connectivity index (χ4v) is 2.66. The zero-order valence-electron chi connectivity index (χ0n) is 10.4. The molecule has 0 radical (unpaired) electrons. The van der Waals surface area contributed by atoms with E-state index in [4.69, 9.17) is 4.74 Å². The Morgan fingerprint density at radius 2 is 1.94 bits per heavy atom. The summed E-state index contributed by atoms with van der Waals surface area (Å²) in [5.41, 5.74) is 0. The molecule has 96 valence electrons. The molecule has 2 aliphatic heterocycles. The fraction of sp³-hybridized carbons (Fsp3) is 0.833. The maximum absolute atomic E-state index is 12.0. The Labute approximate surface area is 101 Å². The highest BCUT2D eigenvalue weighted by atomic mass is 16.5. The topological polar surface area (TPSA) is 58.6 Å². The van der Waals surface area contributed by atoms with Gasteiger partial charge in [-0.25, -0.2) is 0 Å². The van der Waals surface area contributed by atoms with Gasteiger partial charge in [0.2, 0.25) is 11.8 Å². The van der Waals surface area contributed by atoms with Crippen molar-refractivity contribution >= 4 is 11.8 Å². The lowest BCUT2D eigenvalue weighted by Gasteiger charge is -2.43. The lowest BCUT2D eigenvalue weighted by atomic mass is 9.95. The molecule has 5 heteroatoms. The predicted molar refractivity (Wildman–Crippen MR) is 62.3 cm³/mol. The van der Waals surface area contributed by atoms with Gasteiger partial charge in [-0.05, 0) is 18.8 Å². The highest BCUT2D eigenvalue weighted by Gasteiger charge is 2.40. The van der Waals surface area contributed by atoms with Crippen LogP contribution in [0.3, 0.4) is 0 Å². The molecule has 0 spiro atoms. The van der Waals surface area contributed by atoms with Gasteiger partial charge in [-0.3, -0.25) is 9.59 Å². The largest absolute Gasteiger partial charge is 0.381 e. The van der Waals surface area contributed by atoms with Crippen LogP contribution < -0.4 is 5.32 Å². The van der Waals surface area contributed by atoms with E-state index in [0.717, 1.165) is 12.8 Å². The standard InChI is InChI=1S/C12H20N2O3/c1-8(2)11-12(16)13-7-10(15)14(11)9-3-5-17-6-4-9/h8-9,11H,3-7H2,1-2H3,(H,13,16). The molecule has 0 aromatic carbocycles. The van der Waals surface area contributed by atoms with Crippen molar-refractivity contribution in [1.82, 2.24) is 10.2 Å². The zero-order chi connectivity index (χ0) is 12.4. The molecule has 5 nitrogen and oxygen atoms in total. The first-order valence-corrected chi connectivity index (χ1v) is 6.28. The van der Waals surface area contributed by atoms with Crippen LogP contribution in [0.1, 0.15) is 26.7 Å². The summed E-state index contributed by atoms with van der Waals surface area (Å²) in [6, 6.07) is -0.158. The molecule has 0 aliphatic carbocycles. The third-order valence-corrected chi connectivity index (χ3v) is 3.49. The molecule has 2 amide bonds. The summed E-state index contributed by atoms with van der Waals surface area (Å²) in [6.45, 7) is 5.46. The van der Waals surface area contributed by atoms with Crippen LogP contribution in [0.25, 0.3) is 0 Å². The van der Waals surface area contributed by atoms with Crippen LogP contribution in [-0.2, 0) is 14.3 Å². The Hall–Kier alpha value is -1.10. The van der Waals surface area contributed by atoms with Crippen molar-refractivity contribution in [3.05, 3.63) is 0 Å². The van der Waals surface area contributed by atoms with Gasteiger partial charge in [0.1, 0.15) is 6.04 Å². The van der Waals surface area contributed by atoms with E-state index in [1.165, 1.54) is 0 Å². The number of piperazine rings is 1. The number of ether oxygens (including phenoxy) is 1. The van der Waals surface area contributed by atoms with Crippen LogP contribution >= 0.6 is 0 Å². The van der Waals surface area contributed by atoms with Gasteiger partial charge < -0.3 is 15.0 Å². The Bertz CT molecular complexity index is 311. The minimum absolute atomic E-state index is 0.0221. The Kier molecular flexibility index (Phi) is 3.66. The molecule has 2 heterocycles. The molecule has 0 bridgehead atoms. The second-order valence-corrected chi connectivity index (χ2v) is 5.05. The molecule has 0 aromatic rings. The zero-order valence-corrected chi connectivity index (χ0v) is 10.4. The van der Waals surface area contributed by atoms with Gasteiger partial charge >= 0.3 is 0 Å². The minimum atomic E-state index is -0.320. The lowest BCUT2D eigenvalue weighted by molar-refractivity contribution is -0.152. The summed E-state index contributed by atoms with van der Waals surface area (Å²) in [4.78, 5) is 25.7. The summed E-state index contributed by atoms with van der Waals surface area (Å²) < 4.78 is 5.31. The number of hydrogen-bond donors (Lipinski definition) is 1. The van der Waals surface area contributed by atoms with E-state index in [-0.39, 0.29) is 36.4 Å². The van der Waals surface area contributed by atoms with Crippen LogP contribution in [0.15, 0.2) is 0 Å². The molecule has 2 fully saturated rings. The Morgan fingerprint density at radius 1 is 1.29 bits per heavy atom. The molecular weight excluding hydrogens is 220 g/mol. The average molecular weight is 240 g/mol. The second-order valence-electron chi connectivity index (χ2n) is 5.05. The second kappa shape index (κ2) is 5.04. The van der Waals surface area contributed by atoms with Crippen molar-refractivity contribution in [2.45, 2.75) is 38.8 Å². The number of carbonyl (C=O) groups is 2. The van der Waals surface area contributed by atoms with Gasteiger partial charge in [0.15, 0.2) is 0 Å². The lowest BCUT2D eigenvalue weighted by Crippen LogP contribution is -2.63. The van der Waals surface area contributed by atoms with Crippen LogP contribution in [0.5, 0.6) is 0 Å². The van der Waals surface area contributed by atoms with E-state index >= 15 is 0 Å². The highest BCUT2D eigenvalue weighted by molar-refractivity contribution is 5.95. The van der Waals surface area contributed by atoms with Crippen molar-refractivity contribution in [1.29, 1.82) is 0 Å². The first-order valence-electron chi connectivity index (χ1n) is 6.28. The number of nitrogens with one attached hydrogen (secondary N) is 1. The quantitative estimate of drug-likeness (QED) is 0.747. The van der Waals surface area contributed by atoms with E-state index in [2.05, 4.69) is 5.32 Å². The third kappa shape index (κ3) is 2.44. The molecule has 2 rings (SSSR count).